The van der Waals surface area contributed by atoms with Gasteiger partial charge in [0.1, 0.15) is 5.60 Å². The summed E-state index contributed by atoms with van der Waals surface area (Å²) in [6.45, 7) is 14.3. The highest BCUT2D eigenvalue weighted by atomic mass is 16.6. The van der Waals surface area contributed by atoms with Crippen molar-refractivity contribution >= 4 is 6.09 Å². The Morgan fingerprint density at radius 3 is 2.35 bits per heavy atom. The van der Waals surface area contributed by atoms with Crippen LogP contribution in [0, 0.1) is 0 Å². The van der Waals surface area contributed by atoms with Gasteiger partial charge in [0.25, 0.3) is 0 Å². The molecule has 0 rings (SSSR count). The SMILES string of the molecule is C=CCN(C(=O)OC(C)(C)C)[C@H](CC(=C)C)[C@@H](O)CO. The summed E-state index contributed by atoms with van der Waals surface area (Å²) in [4.78, 5) is 13.6. The fraction of sp³-hybridized carbons (Fsp3) is 0.667. The zero-order chi connectivity index (χ0) is 15.9. The van der Waals surface area contributed by atoms with Gasteiger partial charge in [0, 0.05) is 6.54 Å². The molecule has 5 heteroatoms. The van der Waals surface area contributed by atoms with Crippen molar-refractivity contribution in [3.05, 3.63) is 24.8 Å². The van der Waals surface area contributed by atoms with Crippen LogP contribution in [0.1, 0.15) is 34.1 Å². The van der Waals surface area contributed by atoms with Crippen molar-refractivity contribution in [2.75, 3.05) is 13.2 Å². The Morgan fingerprint density at radius 1 is 1.45 bits per heavy atom. The normalized spacial score (nSPS) is 14.3. The van der Waals surface area contributed by atoms with E-state index >= 15 is 0 Å². The van der Waals surface area contributed by atoms with Crippen LogP contribution in [0.25, 0.3) is 0 Å². The van der Waals surface area contributed by atoms with Crippen molar-refractivity contribution in [2.45, 2.75) is 51.9 Å². The Bertz CT molecular complexity index is 346. The van der Waals surface area contributed by atoms with Crippen molar-refractivity contribution in [1.82, 2.24) is 4.90 Å². The Balaban J connectivity index is 5.19. The quantitative estimate of drug-likeness (QED) is 0.703. The van der Waals surface area contributed by atoms with Gasteiger partial charge in [0.2, 0.25) is 0 Å². The Kier molecular flexibility index (Phi) is 7.53. The molecule has 20 heavy (non-hydrogen) atoms. The molecule has 2 atom stereocenters. The second kappa shape index (κ2) is 8.07. The van der Waals surface area contributed by atoms with E-state index in [0.29, 0.717) is 6.42 Å². The summed E-state index contributed by atoms with van der Waals surface area (Å²) in [5, 5.41) is 19.1. The molecule has 0 unspecified atom stereocenters. The highest BCUT2D eigenvalue weighted by Crippen LogP contribution is 2.18. The van der Waals surface area contributed by atoms with Gasteiger partial charge in [-0.1, -0.05) is 11.6 Å². The van der Waals surface area contributed by atoms with Gasteiger partial charge in [-0.3, -0.25) is 4.90 Å². The Labute approximate surface area is 121 Å². The molecular formula is C15H27NO4. The number of hydrogen-bond donors (Lipinski definition) is 2. The molecule has 0 heterocycles. The van der Waals surface area contributed by atoms with E-state index in [1.54, 1.807) is 33.8 Å². The third kappa shape index (κ3) is 6.73. The predicted molar refractivity (Wildman–Crippen MR) is 79.4 cm³/mol. The molecule has 0 saturated heterocycles. The smallest absolute Gasteiger partial charge is 0.410 e. The van der Waals surface area contributed by atoms with Crippen LogP contribution in [-0.4, -0.2) is 52.1 Å². The number of nitrogens with zero attached hydrogens (tertiary/aromatic N) is 1. The molecule has 5 nitrogen and oxygen atoms in total. The van der Waals surface area contributed by atoms with Gasteiger partial charge in [0.05, 0.1) is 18.8 Å². The van der Waals surface area contributed by atoms with Crippen LogP contribution < -0.4 is 0 Å². The van der Waals surface area contributed by atoms with Crippen LogP contribution >= 0.6 is 0 Å². The molecule has 0 aliphatic carbocycles. The number of carbonyl (C=O) groups is 1. The summed E-state index contributed by atoms with van der Waals surface area (Å²) in [7, 11) is 0. The first kappa shape index (κ1) is 18.7. The summed E-state index contributed by atoms with van der Waals surface area (Å²) in [6, 6.07) is -0.592. The summed E-state index contributed by atoms with van der Waals surface area (Å²) in [5.41, 5.74) is 0.175. The average molecular weight is 285 g/mol. The monoisotopic (exact) mass is 285 g/mol. The lowest BCUT2D eigenvalue weighted by Gasteiger charge is -2.35. The van der Waals surface area contributed by atoms with Crippen molar-refractivity contribution in [2.24, 2.45) is 0 Å². The molecular weight excluding hydrogens is 258 g/mol. The van der Waals surface area contributed by atoms with Gasteiger partial charge in [-0.15, -0.1) is 13.2 Å². The molecule has 0 spiro atoms. The molecule has 0 aromatic carbocycles. The van der Waals surface area contributed by atoms with Crippen LogP contribution in [0.5, 0.6) is 0 Å². The highest BCUT2D eigenvalue weighted by Gasteiger charge is 2.31. The second-order valence-corrected chi connectivity index (χ2v) is 5.90. The highest BCUT2D eigenvalue weighted by molar-refractivity contribution is 5.69. The number of amides is 1. The lowest BCUT2D eigenvalue weighted by atomic mass is 10.0. The topological polar surface area (TPSA) is 70.0 Å². The van der Waals surface area contributed by atoms with Crippen LogP contribution in [0.15, 0.2) is 24.8 Å². The van der Waals surface area contributed by atoms with Crippen molar-refractivity contribution in [3.63, 3.8) is 0 Å². The van der Waals surface area contributed by atoms with E-state index in [1.807, 2.05) is 0 Å². The average Bonchev–Trinajstić information content (AvgIpc) is 2.29. The van der Waals surface area contributed by atoms with Gasteiger partial charge in [-0.05, 0) is 34.1 Å². The number of rotatable bonds is 7. The number of carbonyl (C=O) groups excluding carboxylic acids is 1. The van der Waals surface area contributed by atoms with Gasteiger partial charge in [0.15, 0.2) is 0 Å². The van der Waals surface area contributed by atoms with E-state index in [4.69, 9.17) is 9.84 Å². The van der Waals surface area contributed by atoms with Crippen LogP contribution in [0.2, 0.25) is 0 Å². The largest absolute Gasteiger partial charge is 0.444 e. The molecule has 0 bridgehead atoms. The third-order valence-electron chi connectivity index (χ3n) is 2.54. The van der Waals surface area contributed by atoms with Crippen LogP contribution in [-0.2, 0) is 4.74 Å². The second-order valence-electron chi connectivity index (χ2n) is 5.90. The minimum Gasteiger partial charge on any atom is -0.444 e. The molecule has 0 aliphatic rings. The number of ether oxygens (including phenoxy) is 1. The van der Waals surface area contributed by atoms with Crippen molar-refractivity contribution in [1.29, 1.82) is 0 Å². The Hall–Kier alpha value is -1.33. The zero-order valence-electron chi connectivity index (χ0n) is 12.9. The first-order valence-corrected chi connectivity index (χ1v) is 6.66. The standard InChI is InChI=1S/C15H27NO4/c1-7-8-16(14(19)20-15(4,5)6)12(9-11(2)3)13(18)10-17/h7,12-13,17-18H,1-2,8-10H2,3-6H3/t12-,13+/m1/s1. The third-order valence-corrected chi connectivity index (χ3v) is 2.54. The first-order chi connectivity index (χ1) is 9.12. The minimum absolute atomic E-state index is 0.226. The molecule has 0 radical (unpaired) electrons. The first-order valence-electron chi connectivity index (χ1n) is 6.66. The fourth-order valence-corrected chi connectivity index (χ4v) is 1.74. The summed E-state index contributed by atoms with van der Waals surface area (Å²) >= 11 is 0. The lowest BCUT2D eigenvalue weighted by Crippen LogP contribution is -2.50. The fourth-order valence-electron chi connectivity index (χ4n) is 1.74. The molecule has 0 aromatic heterocycles. The van der Waals surface area contributed by atoms with E-state index in [-0.39, 0.29) is 6.54 Å². The van der Waals surface area contributed by atoms with Gasteiger partial charge < -0.3 is 14.9 Å². The molecule has 116 valence electrons. The molecule has 0 fully saturated rings. The summed E-state index contributed by atoms with van der Waals surface area (Å²) < 4.78 is 5.33. The minimum atomic E-state index is -1.06. The van der Waals surface area contributed by atoms with Gasteiger partial charge in [-0.25, -0.2) is 4.79 Å². The maximum absolute atomic E-state index is 12.2. The van der Waals surface area contributed by atoms with Gasteiger partial charge in [-0.2, -0.15) is 0 Å². The zero-order valence-corrected chi connectivity index (χ0v) is 12.9. The van der Waals surface area contributed by atoms with Crippen LogP contribution in [0.3, 0.4) is 0 Å². The maximum atomic E-state index is 12.2. The number of aliphatic hydroxyl groups is 2. The predicted octanol–water partition coefficient (Wildman–Crippen LogP) is 2.10. The van der Waals surface area contributed by atoms with E-state index in [1.165, 1.54) is 4.90 Å². The van der Waals surface area contributed by atoms with Gasteiger partial charge >= 0.3 is 6.09 Å². The molecule has 2 N–H and O–H groups in total. The van der Waals surface area contributed by atoms with E-state index < -0.39 is 30.4 Å². The van der Waals surface area contributed by atoms with Crippen LogP contribution in [0.4, 0.5) is 4.79 Å². The Morgan fingerprint density at radius 2 is 2.00 bits per heavy atom. The van der Waals surface area contributed by atoms with Crippen molar-refractivity contribution < 1.29 is 19.7 Å². The molecule has 1 amide bonds. The summed E-state index contributed by atoms with van der Waals surface area (Å²) in [5.74, 6) is 0. The van der Waals surface area contributed by atoms with E-state index in [2.05, 4.69) is 13.2 Å². The lowest BCUT2D eigenvalue weighted by molar-refractivity contribution is -0.0148. The summed E-state index contributed by atoms with van der Waals surface area (Å²) in [6.07, 6.45) is 0.337. The number of hydrogen-bond acceptors (Lipinski definition) is 4. The van der Waals surface area contributed by atoms with E-state index in [0.717, 1.165) is 5.57 Å². The molecule has 0 saturated carbocycles. The molecule has 0 aliphatic heterocycles. The molecule has 0 aromatic rings. The van der Waals surface area contributed by atoms with Crippen molar-refractivity contribution in [3.8, 4) is 0 Å². The number of aliphatic hydroxyl groups excluding tert-OH is 2. The maximum Gasteiger partial charge on any atom is 0.410 e. The van der Waals surface area contributed by atoms with E-state index in [9.17, 15) is 9.90 Å².